The molecule has 1 aromatic carbocycles. The minimum absolute atomic E-state index is 0.165. The second-order valence-corrected chi connectivity index (χ2v) is 6.87. The molecule has 0 radical (unpaired) electrons. The average Bonchev–Trinajstić information content (AvgIpc) is 2.49. The summed E-state index contributed by atoms with van der Waals surface area (Å²) in [5.41, 5.74) is 13.6. The van der Waals surface area contributed by atoms with Crippen LogP contribution in [0.3, 0.4) is 0 Å². The molecule has 8 heteroatoms. The molecule has 0 saturated heterocycles. The van der Waals surface area contributed by atoms with Gasteiger partial charge in [-0.15, -0.1) is 0 Å². The molecular formula is C14H20I2N4O2. The van der Waals surface area contributed by atoms with Crippen LogP contribution < -0.4 is 22.1 Å². The highest BCUT2D eigenvalue weighted by molar-refractivity contribution is 14.1. The van der Waals surface area contributed by atoms with E-state index in [1.807, 2.05) is 13.8 Å². The molecule has 1 aromatic rings. The summed E-state index contributed by atoms with van der Waals surface area (Å²) in [6, 6.07) is 0. The molecule has 0 aliphatic carbocycles. The first-order chi connectivity index (χ1) is 10.4. The van der Waals surface area contributed by atoms with Gasteiger partial charge in [0.25, 0.3) is 11.8 Å². The van der Waals surface area contributed by atoms with Crippen molar-refractivity contribution in [3.05, 3.63) is 29.4 Å². The van der Waals surface area contributed by atoms with E-state index in [9.17, 15) is 9.59 Å². The van der Waals surface area contributed by atoms with Gasteiger partial charge in [0.05, 0.1) is 11.1 Å². The Morgan fingerprint density at radius 2 is 1.18 bits per heavy atom. The lowest BCUT2D eigenvalue weighted by Gasteiger charge is -2.18. The number of carbonyl (C=O) groups excluding carboxylic acids is 2. The third kappa shape index (κ3) is 4.30. The van der Waals surface area contributed by atoms with Crippen molar-refractivity contribution in [1.29, 1.82) is 0 Å². The van der Waals surface area contributed by atoms with Crippen LogP contribution in [0.2, 0.25) is 0 Å². The zero-order valence-electron chi connectivity index (χ0n) is 12.6. The second kappa shape index (κ2) is 8.99. The Morgan fingerprint density at radius 3 is 1.45 bits per heavy atom. The molecule has 0 aliphatic rings. The van der Waals surface area contributed by atoms with Gasteiger partial charge < -0.3 is 22.1 Å². The summed E-state index contributed by atoms with van der Waals surface area (Å²) in [5, 5.41) is 5.56. The molecule has 0 spiro atoms. The van der Waals surface area contributed by atoms with E-state index in [1.54, 1.807) is 0 Å². The number of nitrogens with one attached hydrogen (secondary N) is 2. The van der Waals surface area contributed by atoms with Crippen molar-refractivity contribution in [3.63, 3.8) is 0 Å². The topological polar surface area (TPSA) is 110 Å². The molecule has 6 nitrogen and oxygen atoms in total. The smallest absolute Gasteiger partial charge is 0.252 e. The maximum Gasteiger partial charge on any atom is 0.252 e. The summed E-state index contributed by atoms with van der Waals surface area (Å²) in [6.45, 7) is 5.31. The molecule has 122 valence electrons. The predicted molar refractivity (Wildman–Crippen MR) is 104 cm³/mol. The molecule has 2 amide bonds. The lowest BCUT2D eigenvalue weighted by Crippen LogP contribution is -2.33. The summed E-state index contributed by atoms with van der Waals surface area (Å²) < 4.78 is 1.56. The lowest BCUT2D eigenvalue weighted by atomic mass is 9.98. The standard InChI is InChI=1S/C14H20I2N4O2/c1-7-9(13(21)19-5-3-17)12(16)8(2)10(11(7)15)14(22)20-6-4-18/h3-6,17-18H2,1-2H3,(H,19,21)(H,20,22). The molecule has 0 heterocycles. The highest BCUT2D eigenvalue weighted by Gasteiger charge is 2.24. The summed E-state index contributed by atoms with van der Waals surface area (Å²) in [7, 11) is 0. The van der Waals surface area contributed by atoms with Gasteiger partial charge in [0, 0.05) is 33.3 Å². The van der Waals surface area contributed by atoms with Gasteiger partial charge in [-0.3, -0.25) is 9.59 Å². The van der Waals surface area contributed by atoms with Gasteiger partial charge in [-0.1, -0.05) is 0 Å². The van der Waals surface area contributed by atoms with E-state index in [1.165, 1.54) is 0 Å². The maximum absolute atomic E-state index is 12.3. The fraction of sp³-hybridized carbons (Fsp3) is 0.429. The number of rotatable bonds is 6. The monoisotopic (exact) mass is 530 g/mol. The van der Waals surface area contributed by atoms with Crippen LogP contribution in [0.5, 0.6) is 0 Å². The zero-order chi connectivity index (χ0) is 16.9. The number of amides is 2. The van der Waals surface area contributed by atoms with Crippen LogP contribution in [0.15, 0.2) is 0 Å². The SMILES string of the molecule is Cc1c(I)c(C(=O)NCCN)c(C)c(I)c1C(=O)NCCN. The Labute approximate surface area is 157 Å². The van der Waals surface area contributed by atoms with Gasteiger partial charge in [0.1, 0.15) is 0 Å². The van der Waals surface area contributed by atoms with Crippen LogP contribution in [0.1, 0.15) is 31.8 Å². The molecule has 0 unspecified atom stereocenters. The molecule has 6 N–H and O–H groups in total. The second-order valence-electron chi connectivity index (χ2n) is 4.72. The molecule has 22 heavy (non-hydrogen) atoms. The molecule has 0 atom stereocenters. The molecule has 0 bridgehead atoms. The number of carbonyl (C=O) groups is 2. The first-order valence-corrected chi connectivity index (χ1v) is 8.97. The third-order valence-corrected chi connectivity index (χ3v) is 5.86. The van der Waals surface area contributed by atoms with Gasteiger partial charge in [-0.25, -0.2) is 0 Å². The van der Waals surface area contributed by atoms with Crippen molar-refractivity contribution in [2.24, 2.45) is 11.5 Å². The van der Waals surface area contributed by atoms with Crippen LogP contribution in [0.4, 0.5) is 0 Å². The molecule has 0 saturated carbocycles. The van der Waals surface area contributed by atoms with Gasteiger partial charge in [0.2, 0.25) is 0 Å². The van der Waals surface area contributed by atoms with Crippen LogP contribution in [0.25, 0.3) is 0 Å². The van der Waals surface area contributed by atoms with Crippen molar-refractivity contribution in [3.8, 4) is 0 Å². The zero-order valence-corrected chi connectivity index (χ0v) is 16.9. The van der Waals surface area contributed by atoms with E-state index >= 15 is 0 Å². The van der Waals surface area contributed by atoms with E-state index < -0.39 is 0 Å². The third-order valence-electron chi connectivity index (χ3n) is 3.16. The predicted octanol–water partition coefficient (Wildman–Crippen LogP) is 0.890. The largest absolute Gasteiger partial charge is 0.351 e. The quantitative estimate of drug-likeness (QED) is 0.410. The van der Waals surface area contributed by atoms with Crippen molar-refractivity contribution in [2.75, 3.05) is 26.2 Å². The average molecular weight is 530 g/mol. The normalized spacial score (nSPS) is 10.5. The number of hydrogen-bond donors (Lipinski definition) is 4. The van der Waals surface area contributed by atoms with E-state index in [0.717, 1.165) is 18.3 Å². The molecule has 0 aliphatic heterocycles. The van der Waals surface area contributed by atoms with E-state index in [0.29, 0.717) is 37.3 Å². The Hall–Kier alpha value is -0.460. The van der Waals surface area contributed by atoms with E-state index in [2.05, 4.69) is 55.8 Å². The Kier molecular flexibility index (Phi) is 8.00. The molecular weight excluding hydrogens is 510 g/mol. The minimum Gasteiger partial charge on any atom is -0.351 e. The Bertz CT molecular complexity index is 511. The van der Waals surface area contributed by atoms with Gasteiger partial charge in [-0.05, 0) is 70.2 Å². The first-order valence-electron chi connectivity index (χ1n) is 6.81. The molecule has 0 fully saturated rings. The number of benzene rings is 1. The lowest BCUT2D eigenvalue weighted by molar-refractivity contribution is 0.0940. The van der Waals surface area contributed by atoms with Crippen molar-refractivity contribution in [1.82, 2.24) is 10.6 Å². The van der Waals surface area contributed by atoms with Gasteiger partial charge in [-0.2, -0.15) is 0 Å². The first kappa shape index (κ1) is 19.6. The number of hydrogen-bond acceptors (Lipinski definition) is 4. The van der Waals surface area contributed by atoms with Gasteiger partial charge >= 0.3 is 0 Å². The molecule has 1 rings (SSSR count). The highest BCUT2D eigenvalue weighted by atomic mass is 127. The van der Waals surface area contributed by atoms with Crippen LogP contribution in [-0.4, -0.2) is 38.0 Å². The van der Waals surface area contributed by atoms with Crippen molar-refractivity contribution < 1.29 is 9.59 Å². The Balaban J connectivity index is 3.32. The van der Waals surface area contributed by atoms with Crippen LogP contribution in [0, 0.1) is 21.0 Å². The highest BCUT2D eigenvalue weighted by Crippen LogP contribution is 2.30. The summed E-state index contributed by atoms with van der Waals surface area (Å²) in [4.78, 5) is 24.6. The number of halogens is 2. The van der Waals surface area contributed by atoms with Crippen molar-refractivity contribution >= 4 is 57.0 Å². The minimum atomic E-state index is -0.165. The maximum atomic E-state index is 12.3. The van der Waals surface area contributed by atoms with Gasteiger partial charge in [0.15, 0.2) is 0 Å². The van der Waals surface area contributed by atoms with Crippen LogP contribution in [-0.2, 0) is 0 Å². The fourth-order valence-corrected chi connectivity index (χ4v) is 3.85. The van der Waals surface area contributed by atoms with E-state index in [-0.39, 0.29) is 11.8 Å². The molecule has 0 aromatic heterocycles. The summed E-state index contributed by atoms with van der Waals surface area (Å²) in [6.07, 6.45) is 0. The van der Waals surface area contributed by atoms with E-state index in [4.69, 9.17) is 11.5 Å². The van der Waals surface area contributed by atoms with Crippen LogP contribution >= 0.6 is 45.2 Å². The Morgan fingerprint density at radius 1 is 0.864 bits per heavy atom. The fourth-order valence-electron chi connectivity index (χ4n) is 2.01. The number of nitrogens with two attached hydrogens (primary N) is 2. The van der Waals surface area contributed by atoms with Crippen molar-refractivity contribution in [2.45, 2.75) is 13.8 Å². The summed E-state index contributed by atoms with van der Waals surface area (Å²) in [5.74, 6) is -0.329. The summed E-state index contributed by atoms with van der Waals surface area (Å²) >= 11 is 4.22.